The summed E-state index contributed by atoms with van der Waals surface area (Å²) in [7, 11) is 0. The third-order valence-corrected chi connectivity index (χ3v) is 5.14. The Kier molecular flexibility index (Phi) is 5.11. The van der Waals surface area contributed by atoms with E-state index >= 15 is 0 Å². The number of rotatable bonds is 5. The van der Waals surface area contributed by atoms with Crippen LogP contribution in [0.4, 0.5) is 0 Å². The number of thioether (sulfide) groups is 1. The molecule has 0 saturated carbocycles. The average Bonchev–Trinajstić information content (AvgIpc) is 2.88. The number of carbonyl (C=O) groups is 1. The van der Waals surface area contributed by atoms with Crippen LogP contribution in [-0.2, 0) is 11.2 Å². The molecule has 1 aromatic rings. The van der Waals surface area contributed by atoms with E-state index in [0.29, 0.717) is 17.6 Å². The van der Waals surface area contributed by atoms with Crippen LogP contribution in [0.1, 0.15) is 37.8 Å². The van der Waals surface area contributed by atoms with Gasteiger partial charge in [0.2, 0.25) is 0 Å². The van der Waals surface area contributed by atoms with Crippen LogP contribution in [0.25, 0.3) is 0 Å². The van der Waals surface area contributed by atoms with Crippen molar-refractivity contribution in [3.05, 3.63) is 35.4 Å². The lowest BCUT2D eigenvalue weighted by molar-refractivity contribution is -0.138. The van der Waals surface area contributed by atoms with Gasteiger partial charge in [0.05, 0.1) is 5.37 Å². The number of nitrogens with one attached hydrogen (secondary N) is 1. The Hall–Kier alpha value is -1.00. The average molecular weight is 293 g/mol. The first-order valence-electron chi connectivity index (χ1n) is 7.16. The highest BCUT2D eigenvalue weighted by molar-refractivity contribution is 8.00. The number of hydrogen-bond donors (Lipinski definition) is 2. The van der Waals surface area contributed by atoms with Gasteiger partial charge in [0.15, 0.2) is 0 Å². The maximum atomic E-state index is 11.0. The zero-order valence-electron chi connectivity index (χ0n) is 12.3. The summed E-state index contributed by atoms with van der Waals surface area (Å²) in [5.41, 5.74) is 2.64. The first-order chi connectivity index (χ1) is 9.47. The SMILES string of the molecule is CC(C)Cc1ccc([C@H](C)C2N[C@H](C(=O)O)CS2)cc1. The molecule has 110 valence electrons. The smallest absolute Gasteiger partial charge is 0.321 e. The van der Waals surface area contributed by atoms with Crippen LogP contribution in [0, 0.1) is 5.92 Å². The van der Waals surface area contributed by atoms with E-state index in [-0.39, 0.29) is 5.37 Å². The number of benzene rings is 1. The zero-order chi connectivity index (χ0) is 14.7. The molecule has 0 bridgehead atoms. The van der Waals surface area contributed by atoms with Crippen molar-refractivity contribution in [2.24, 2.45) is 5.92 Å². The van der Waals surface area contributed by atoms with E-state index in [4.69, 9.17) is 5.11 Å². The van der Waals surface area contributed by atoms with Crippen molar-refractivity contribution in [3.63, 3.8) is 0 Å². The summed E-state index contributed by atoms with van der Waals surface area (Å²) in [5.74, 6) is 0.883. The van der Waals surface area contributed by atoms with Crippen molar-refractivity contribution in [1.82, 2.24) is 5.32 Å². The number of carboxylic acid groups (broad SMARTS) is 1. The highest BCUT2D eigenvalue weighted by atomic mass is 32.2. The van der Waals surface area contributed by atoms with Crippen molar-refractivity contribution in [2.75, 3.05) is 5.75 Å². The van der Waals surface area contributed by atoms with E-state index in [1.165, 1.54) is 11.1 Å². The molecule has 2 N–H and O–H groups in total. The quantitative estimate of drug-likeness (QED) is 0.876. The molecular formula is C16H23NO2S. The molecule has 1 aromatic carbocycles. The number of hydrogen-bond acceptors (Lipinski definition) is 3. The van der Waals surface area contributed by atoms with Crippen molar-refractivity contribution in [3.8, 4) is 0 Å². The molecule has 1 unspecified atom stereocenters. The summed E-state index contributed by atoms with van der Waals surface area (Å²) in [6, 6.07) is 8.34. The minimum absolute atomic E-state index is 0.187. The lowest BCUT2D eigenvalue weighted by Crippen LogP contribution is -2.38. The summed E-state index contributed by atoms with van der Waals surface area (Å²) in [6.45, 7) is 6.61. The second-order valence-corrected chi connectivity index (χ2v) is 7.11. The summed E-state index contributed by atoms with van der Waals surface area (Å²) in [6.07, 6.45) is 1.10. The molecule has 2 rings (SSSR count). The van der Waals surface area contributed by atoms with E-state index in [0.717, 1.165) is 6.42 Å². The summed E-state index contributed by atoms with van der Waals surface area (Å²) >= 11 is 1.70. The van der Waals surface area contributed by atoms with Gasteiger partial charge in [-0.15, -0.1) is 11.8 Å². The Balaban J connectivity index is 1.99. The van der Waals surface area contributed by atoms with Crippen LogP contribution < -0.4 is 5.32 Å². The normalized spacial score (nSPS) is 24.0. The lowest BCUT2D eigenvalue weighted by atomic mass is 9.96. The standard InChI is InChI=1S/C16H23NO2S/c1-10(2)8-12-4-6-13(7-5-12)11(3)15-17-14(9-20-15)16(18)19/h4-7,10-11,14-15,17H,8-9H2,1-3H3,(H,18,19)/t11-,14-,15?/m0/s1. The topological polar surface area (TPSA) is 49.3 Å². The largest absolute Gasteiger partial charge is 0.480 e. The van der Waals surface area contributed by atoms with Gasteiger partial charge >= 0.3 is 5.97 Å². The van der Waals surface area contributed by atoms with Crippen LogP contribution in [0.2, 0.25) is 0 Å². The predicted molar refractivity (Wildman–Crippen MR) is 84.2 cm³/mol. The van der Waals surface area contributed by atoms with Gasteiger partial charge in [0.25, 0.3) is 0 Å². The Labute approximate surface area is 125 Å². The van der Waals surface area contributed by atoms with Gasteiger partial charge < -0.3 is 5.11 Å². The highest BCUT2D eigenvalue weighted by Gasteiger charge is 2.32. The fraction of sp³-hybridized carbons (Fsp3) is 0.562. The Morgan fingerprint density at radius 1 is 1.35 bits per heavy atom. The van der Waals surface area contributed by atoms with Gasteiger partial charge in [-0.1, -0.05) is 45.0 Å². The van der Waals surface area contributed by atoms with Gasteiger partial charge in [-0.25, -0.2) is 0 Å². The fourth-order valence-electron chi connectivity index (χ4n) is 2.53. The molecule has 4 heteroatoms. The second kappa shape index (κ2) is 6.64. The number of carboxylic acids is 1. The molecule has 1 saturated heterocycles. The zero-order valence-corrected chi connectivity index (χ0v) is 13.1. The molecule has 3 atom stereocenters. The van der Waals surface area contributed by atoms with E-state index in [9.17, 15) is 4.79 Å². The third kappa shape index (κ3) is 3.76. The molecule has 0 spiro atoms. The molecule has 1 heterocycles. The fourth-order valence-corrected chi connectivity index (χ4v) is 3.87. The van der Waals surface area contributed by atoms with Gasteiger partial charge in [-0.2, -0.15) is 0 Å². The molecular weight excluding hydrogens is 270 g/mol. The molecule has 0 aliphatic carbocycles. The van der Waals surface area contributed by atoms with E-state index < -0.39 is 12.0 Å². The molecule has 20 heavy (non-hydrogen) atoms. The van der Waals surface area contributed by atoms with E-state index in [1.54, 1.807) is 11.8 Å². The molecule has 1 aliphatic heterocycles. The maximum absolute atomic E-state index is 11.0. The van der Waals surface area contributed by atoms with Crippen molar-refractivity contribution in [1.29, 1.82) is 0 Å². The van der Waals surface area contributed by atoms with Crippen molar-refractivity contribution < 1.29 is 9.90 Å². The van der Waals surface area contributed by atoms with Gasteiger partial charge in [-0.3, -0.25) is 10.1 Å². The van der Waals surface area contributed by atoms with Crippen molar-refractivity contribution >= 4 is 17.7 Å². The van der Waals surface area contributed by atoms with Gasteiger partial charge in [-0.05, 0) is 23.5 Å². The minimum Gasteiger partial charge on any atom is -0.480 e. The Morgan fingerprint density at radius 3 is 2.50 bits per heavy atom. The van der Waals surface area contributed by atoms with Crippen LogP contribution >= 0.6 is 11.8 Å². The molecule has 0 radical (unpaired) electrons. The number of aliphatic carboxylic acids is 1. The first kappa shape index (κ1) is 15.4. The van der Waals surface area contributed by atoms with E-state index in [2.05, 4.69) is 50.4 Å². The van der Waals surface area contributed by atoms with Crippen LogP contribution in [0.5, 0.6) is 0 Å². The first-order valence-corrected chi connectivity index (χ1v) is 8.21. The molecule has 0 aromatic heterocycles. The Morgan fingerprint density at radius 2 is 2.00 bits per heavy atom. The summed E-state index contributed by atoms with van der Waals surface area (Å²) in [5, 5.41) is 12.4. The summed E-state index contributed by atoms with van der Waals surface area (Å²) < 4.78 is 0. The van der Waals surface area contributed by atoms with Gasteiger partial charge in [0, 0.05) is 11.7 Å². The van der Waals surface area contributed by atoms with Crippen molar-refractivity contribution in [2.45, 2.75) is 44.5 Å². The molecule has 0 amide bonds. The third-order valence-electron chi connectivity index (χ3n) is 3.71. The Bertz CT molecular complexity index is 458. The minimum atomic E-state index is -0.750. The monoisotopic (exact) mass is 293 g/mol. The maximum Gasteiger partial charge on any atom is 0.321 e. The van der Waals surface area contributed by atoms with Crippen LogP contribution in [0.3, 0.4) is 0 Å². The lowest BCUT2D eigenvalue weighted by Gasteiger charge is -2.20. The van der Waals surface area contributed by atoms with E-state index in [1.807, 2.05) is 0 Å². The van der Waals surface area contributed by atoms with Gasteiger partial charge in [0.1, 0.15) is 6.04 Å². The molecule has 1 aliphatic rings. The van der Waals surface area contributed by atoms with Crippen LogP contribution in [0.15, 0.2) is 24.3 Å². The summed E-state index contributed by atoms with van der Waals surface area (Å²) in [4.78, 5) is 11.0. The second-order valence-electron chi connectivity index (χ2n) is 5.94. The molecule has 1 fully saturated rings. The highest BCUT2D eigenvalue weighted by Crippen LogP contribution is 2.31. The van der Waals surface area contributed by atoms with Crippen LogP contribution in [-0.4, -0.2) is 28.2 Å². The predicted octanol–water partition coefficient (Wildman–Crippen LogP) is 3.10. The molecule has 3 nitrogen and oxygen atoms in total.